The van der Waals surface area contributed by atoms with Crippen molar-refractivity contribution in [2.75, 3.05) is 18.0 Å². The maximum atomic E-state index is 11.1. The molecular formula is C15H16ClN3O2S. The molecule has 1 fully saturated rings. The van der Waals surface area contributed by atoms with Gasteiger partial charge in [-0.15, -0.1) is 0 Å². The van der Waals surface area contributed by atoms with Crippen LogP contribution in [0.15, 0.2) is 24.3 Å². The van der Waals surface area contributed by atoms with E-state index in [0.29, 0.717) is 18.0 Å². The highest BCUT2D eigenvalue weighted by molar-refractivity contribution is 7.09. The van der Waals surface area contributed by atoms with Crippen molar-refractivity contribution in [2.45, 2.75) is 19.3 Å². The van der Waals surface area contributed by atoms with Crippen LogP contribution < -0.4 is 4.90 Å². The number of rotatable bonds is 4. The van der Waals surface area contributed by atoms with Crippen molar-refractivity contribution in [3.05, 3.63) is 40.7 Å². The fourth-order valence-electron chi connectivity index (χ4n) is 2.58. The second-order valence-corrected chi connectivity index (χ2v) is 6.59. The standard InChI is InChI=1S/C15H16ClN3O2S/c16-12-5-3-10(4-6-12)8-13-17-15(22-18-13)19-7-1-2-11(9-19)14(20)21/h3-6,11H,1-2,7-9H2,(H,20,21)/t11-/m0/s1. The molecule has 5 nitrogen and oxygen atoms in total. The lowest BCUT2D eigenvalue weighted by Gasteiger charge is -2.29. The number of aromatic nitrogens is 2. The molecule has 116 valence electrons. The summed E-state index contributed by atoms with van der Waals surface area (Å²) in [5.41, 5.74) is 1.11. The van der Waals surface area contributed by atoms with Crippen LogP contribution in [-0.2, 0) is 11.2 Å². The smallest absolute Gasteiger partial charge is 0.308 e. The Balaban J connectivity index is 1.68. The molecule has 1 saturated heterocycles. The van der Waals surface area contributed by atoms with Crippen LogP contribution in [0.3, 0.4) is 0 Å². The molecule has 1 N–H and O–H groups in total. The van der Waals surface area contributed by atoms with Crippen molar-refractivity contribution in [1.29, 1.82) is 0 Å². The minimum Gasteiger partial charge on any atom is -0.481 e. The van der Waals surface area contributed by atoms with Crippen LogP contribution in [-0.4, -0.2) is 33.5 Å². The Kier molecular flexibility index (Phi) is 4.59. The van der Waals surface area contributed by atoms with Crippen molar-refractivity contribution in [3.8, 4) is 0 Å². The Labute approximate surface area is 137 Å². The lowest BCUT2D eigenvalue weighted by atomic mass is 9.99. The van der Waals surface area contributed by atoms with Gasteiger partial charge in [-0.1, -0.05) is 23.7 Å². The van der Waals surface area contributed by atoms with Crippen LogP contribution in [0.4, 0.5) is 5.13 Å². The topological polar surface area (TPSA) is 66.3 Å². The molecule has 0 spiro atoms. The van der Waals surface area contributed by atoms with E-state index < -0.39 is 5.97 Å². The van der Waals surface area contributed by atoms with Gasteiger partial charge >= 0.3 is 5.97 Å². The van der Waals surface area contributed by atoms with Gasteiger partial charge in [-0.25, -0.2) is 4.98 Å². The van der Waals surface area contributed by atoms with Gasteiger partial charge in [0.15, 0.2) is 0 Å². The van der Waals surface area contributed by atoms with Gasteiger partial charge in [0.25, 0.3) is 0 Å². The molecule has 1 aromatic carbocycles. The summed E-state index contributed by atoms with van der Waals surface area (Å²) < 4.78 is 4.39. The average Bonchev–Trinajstić information content (AvgIpc) is 2.98. The van der Waals surface area contributed by atoms with Crippen LogP contribution in [0.1, 0.15) is 24.2 Å². The first-order chi connectivity index (χ1) is 10.6. The van der Waals surface area contributed by atoms with Crippen molar-refractivity contribution >= 4 is 34.2 Å². The predicted molar refractivity (Wildman–Crippen MR) is 86.7 cm³/mol. The molecule has 1 aliphatic heterocycles. The lowest BCUT2D eigenvalue weighted by Crippen LogP contribution is -2.38. The van der Waals surface area contributed by atoms with E-state index in [9.17, 15) is 4.79 Å². The monoisotopic (exact) mass is 337 g/mol. The Morgan fingerprint density at radius 3 is 2.91 bits per heavy atom. The average molecular weight is 338 g/mol. The number of halogens is 1. The highest BCUT2D eigenvalue weighted by atomic mass is 35.5. The zero-order valence-corrected chi connectivity index (χ0v) is 13.5. The van der Waals surface area contributed by atoms with E-state index in [-0.39, 0.29) is 5.92 Å². The molecule has 1 aliphatic rings. The molecule has 2 aromatic rings. The molecule has 1 atom stereocenters. The van der Waals surface area contributed by atoms with Crippen LogP contribution in [0.25, 0.3) is 0 Å². The second kappa shape index (κ2) is 6.62. The van der Waals surface area contributed by atoms with Gasteiger partial charge in [0.2, 0.25) is 5.13 Å². The Hall–Kier alpha value is -1.66. The molecule has 0 aliphatic carbocycles. The van der Waals surface area contributed by atoms with Crippen LogP contribution in [0.5, 0.6) is 0 Å². The molecule has 1 aromatic heterocycles. The number of carboxylic acids is 1. The van der Waals surface area contributed by atoms with Crippen LogP contribution in [0.2, 0.25) is 5.02 Å². The van der Waals surface area contributed by atoms with Gasteiger partial charge in [-0.2, -0.15) is 4.37 Å². The number of nitrogens with zero attached hydrogens (tertiary/aromatic N) is 3. The largest absolute Gasteiger partial charge is 0.481 e. The van der Waals surface area contributed by atoms with Gasteiger partial charge in [0.1, 0.15) is 5.82 Å². The summed E-state index contributed by atoms with van der Waals surface area (Å²) in [6.45, 7) is 1.37. The van der Waals surface area contributed by atoms with Crippen molar-refractivity contribution in [3.63, 3.8) is 0 Å². The third kappa shape index (κ3) is 3.56. The molecule has 0 amide bonds. The van der Waals surface area contributed by atoms with Crippen LogP contribution in [0, 0.1) is 5.92 Å². The van der Waals surface area contributed by atoms with Gasteiger partial charge in [0.05, 0.1) is 5.92 Å². The number of hydrogen-bond donors (Lipinski definition) is 1. The molecule has 0 radical (unpaired) electrons. The van der Waals surface area contributed by atoms with E-state index in [1.54, 1.807) is 0 Å². The number of aliphatic carboxylic acids is 1. The van der Waals surface area contributed by atoms with Gasteiger partial charge in [0, 0.05) is 36.1 Å². The number of carboxylic acid groups (broad SMARTS) is 1. The molecule has 3 rings (SSSR count). The molecule has 7 heteroatoms. The van der Waals surface area contributed by atoms with E-state index in [1.165, 1.54) is 11.5 Å². The molecule has 0 bridgehead atoms. The second-order valence-electron chi connectivity index (χ2n) is 5.42. The minimum absolute atomic E-state index is 0.308. The number of piperidine rings is 1. The number of benzene rings is 1. The van der Waals surface area contributed by atoms with Crippen molar-refractivity contribution < 1.29 is 9.90 Å². The predicted octanol–water partition coefficient (Wildman–Crippen LogP) is 3.08. The third-order valence-electron chi connectivity index (χ3n) is 3.77. The first kappa shape index (κ1) is 15.2. The maximum Gasteiger partial charge on any atom is 0.308 e. The minimum atomic E-state index is -0.726. The Morgan fingerprint density at radius 2 is 2.18 bits per heavy atom. The maximum absolute atomic E-state index is 11.1. The van der Waals surface area contributed by atoms with E-state index in [2.05, 4.69) is 9.36 Å². The summed E-state index contributed by atoms with van der Waals surface area (Å²) in [5.74, 6) is -0.271. The summed E-state index contributed by atoms with van der Waals surface area (Å²) >= 11 is 7.21. The molecule has 2 heterocycles. The Morgan fingerprint density at radius 1 is 1.41 bits per heavy atom. The summed E-state index contributed by atoms with van der Waals surface area (Å²) in [6, 6.07) is 7.63. The van der Waals surface area contributed by atoms with Gasteiger partial charge < -0.3 is 10.0 Å². The van der Waals surface area contributed by atoms with Gasteiger partial charge in [-0.05, 0) is 30.5 Å². The zero-order chi connectivity index (χ0) is 15.5. The highest BCUT2D eigenvalue weighted by Crippen LogP contribution is 2.25. The number of hydrogen-bond acceptors (Lipinski definition) is 5. The molecule has 0 unspecified atom stereocenters. The third-order valence-corrected chi connectivity index (χ3v) is 4.84. The van der Waals surface area contributed by atoms with E-state index >= 15 is 0 Å². The lowest BCUT2D eigenvalue weighted by molar-refractivity contribution is -0.141. The number of anilines is 1. The van der Waals surface area contributed by atoms with Crippen molar-refractivity contribution in [1.82, 2.24) is 9.36 Å². The quantitative estimate of drug-likeness (QED) is 0.928. The summed E-state index contributed by atoms with van der Waals surface area (Å²) in [6.07, 6.45) is 2.27. The Bertz CT molecular complexity index is 659. The van der Waals surface area contributed by atoms with Crippen molar-refractivity contribution in [2.24, 2.45) is 5.92 Å². The first-order valence-electron chi connectivity index (χ1n) is 7.16. The normalized spacial score (nSPS) is 18.4. The zero-order valence-electron chi connectivity index (χ0n) is 11.9. The van der Waals surface area contributed by atoms with E-state index in [0.717, 1.165) is 35.9 Å². The highest BCUT2D eigenvalue weighted by Gasteiger charge is 2.27. The summed E-state index contributed by atoms with van der Waals surface area (Å²) in [7, 11) is 0. The summed E-state index contributed by atoms with van der Waals surface area (Å²) in [5, 5.41) is 10.7. The molecular weight excluding hydrogens is 322 g/mol. The number of carbonyl (C=O) groups is 1. The van der Waals surface area contributed by atoms with E-state index in [1.807, 2.05) is 29.2 Å². The SMILES string of the molecule is O=C(O)[C@H]1CCCN(c2nc(Cc3ccc(Cl)cc3)ns2)C1. The fourth-order valence-corrected chi connectivity index (χ4v) is 3.43. The fraction of sp³-hybridized carbons (Fsp3) is 0.400. The molecule has 0 saturated carbocycles. The summed E-state index contributed by atoms with van der Waals surface area (Å²) in [4.78, 5) is 17.7. The van der Waals surface area contributed by atoms with Crippen LogP contribution >= 0.6 is 23.1 Å². The first-order valence-corrected chi connectivity index (χ1v) is 8.32. The van der Waals surface area contributed by atoms with E-state index in [4.69, 9.17) is 16.7 Å². The molecule has 22 heavy (non-hydrogen) atoms. The van der Waals surface area contributed by atoms with Gasteiger partial charge in [-0.3, -0.25) is 4.79 Å².